The summed E-state index contributed by atoms with van der Waals surface area (Å²) in [5.74, 6) is -1.14. The first-order valence-corrected chi connectivity index (χ1v) is 10.6. The van der Waals surface area contributed by atoms with Crippen molar-refractivity contribution < 1.29 is 33.4 Å². The standard InChI is InChI=1S/C19H20INO7S/c1-4-26-17(23)10-27-14-6-5-12(7-13(14)20)8-15-18(24)21(19(25)29-15)9-16(22)28-11(2)3/h5-8,11H,4,9-10H2,1-3H3/b15-8+. The number of carbonyl (C=O) groups is 4. The lowest BCUT2D eigenvalue weighted by molar-refractivity contribution is -0.149. The van der Waals surface area contributed by atoms with Gasteiger partial charge in [-0.1, -0.05) is 6.07 Å². The Morgan fingerprint density at radius 1 is 1.24 bits per heavy atom. The van der Waals surface area contributed by atoms with Crippen molar-refractivity contribution in [2.24, 2.45) is 0 Å². The van der Waals surface area contributed by atoms with Crippen LogP contribution in [0.2, 0.25) is 0 Å². The molecule has 2 rings (SSSR count). The third kappa shape index (κ3) is 6.74. The summed E-state index contributed by atoms with van der Waals surface area (Å²) < 4.78 is 15.9. The van der Waals surface area contributed by atoms with Crippen molar-refractivity contribution >= 4 is 63.5 Å². The Bertz CT molecular complexity index is 853. The Kier molecular flexibility index (Phi) is 8.50. The van der Waals surface area contributed by atoms with E-state index in [1.807, 2.05) is 22.6 Å². The normalized spacial score (nSPS) is 15.2. The van der Waals surface area contributed by atoms with Gasteiger partial charge in [0, 0.05) is 0 Å². The number of nitrogens with zero attached hydrogens (tertiary/aromatic N) is 1. The highest BCUT2D eigenvalue weighted by Gasteiger charge is 2.36. The van der Waals surface area contributed by atoms with Crippen LogP contribution in [-0.2, 0) is 23.9 Å². The predicted octanol–water partition coefficient (Wildman–Crippen LogP) is 3.22. The fourth-order valence-corrected chi connectivity index (χ4v) is 3.81. The second-order valence-electron chi connectivity index (χ2n) is 6.09. The number of benzene rings is 1. The van der Waals surface area contributed by atoms with Gasteiger partial charge in [-0.25, -0.2) is 4.79 Å². The van der Waals surface area contributed by atoms with Crippen LogP contribution in [0.1, 0.15) is 26.3 Å². The van der Waals surface area contributed by atoms with Crippen LogP contribution in [0, 0.1) is 3.57 Å². The number of rotatable bonds is 8. The molecule has 1 aromatic carbocycles. The van der Waals surface area contributed by atoms with Crippen molar-refractivity contribution in [2.45, 2.75) is 26.9 Å². The molecule has 0 N–H and O–H groups in total. The first-order valence-electron chi connectivity index (χ1n) is 8.74. The van der Waals surface area contributed by atoms with Gasteiger partial charge in [0.15, 0.2) is 6.61 Å². The molecule has 0 atom stereocenters. The number of hydrogen-bond acceptors (Lipinski definition) is 8. The van der Waals surface area contributed by atoms with E-state index in [4.69, 9.17) is 14.2 Å². The summed E-state index contributed by atoms with van der Waals surface area (Å²) in [6, 6.07) is 5.11. The third-order valence-electron chi connectivity index (χ3n) is 3.43. The minimum Gasteiger partial charge on any atom is -0.481 e. The second kappa shape index (κ2) is 10.6. The Hall–Kier alpha value is -2.08. The van der Waals surface area contributed by atoms with Crippen molar-refractivity contribution in [1.29, 1.82) is 0 Å². The van der Waals surface area contributed by atoms with E-state index in [-0.39, 0.29) is 24.2 Å². The molecule has 0 aliphatic carbocycles. The number of esters is 2. The zero-order valence-corrected chi connectivity index (χ0v) is 19.1. The maximum absolute atomic E-state index is 12.5. The lowest BCUT2D eigenvalue weighted by Gasteiger charge is -2.13. The summed E-state index contributed by atoms with van der Waals surface area (Å²) in [4.78, 5) is 48.8. The lowest BCUT2D eigenvalue weighted by Crippen LogP contribution is -2.35. The van der Waals surface area contributed by atoms with Crippen LogP contribution in [0.4, 0.5) is 4.79 Å². The van der Waals surface area contributed by atoms with Crippen LogP contribution in [0.5, 0.6) is 5.75 Å². The minimum absolute atomic E-state index is 0.200. The monoisotopic (exact) mass is 533 g/mol. The molecule has 1 heterocycles. The molecule has 0 saturated carbocycles. The molecule has 0 unspecified atom stereocenters. The molecule has 10 heteroatoms. The van der Waals surface area contributed by atoms with Gasteiger partial charge in [0.25, 0.3) is 11.1 Å². The van der Waals surface area contributed by atoms with Gasteiger partial charge < -0.3 is 14.2 Å². The molecular weight excluding hydrogens is 513 g/mol. The number of ether oxygens (including phenoxy) is 3. The molecule has 8 nitrogen and oxygen atoms in total. The molecule has 1 aliphatic rings. The van der Waals surface area contributed by atoms with Crippen molar-refractivity contribution in [3.8, 4) is 5.75 Å². The predicted molar refractivity (Wildman–Crippen MR) is 115 cm³/mol. The maximum atomic E-state index is 12.5. The van der Waals surface area contributed by atoms with Crippen LogP contribution in [0.25, 0.3) is 6.08 Å². The van der Waals surface area contributed by atoms with E-state index < -0.39 is 29.6 Å². The van der Waals surface area contributed by atoms with Crippen LogP contribution in [0.3, 0.4) is 0 Å². The molecule has 29 heavy (non-hydrogen) atoms. The molecule has 1 fully saturated rings. The van der Waals surface area contributed by atoms with Crippen LogP contribution < -0.4 is 4.74 Å². The average Bonchev–Trinajstić information content (AvgIpc) is 2.88. The topological polar surface area (TPSA) is 99.2 Å². The molecule has 0 bridgehead atoms. The van der Waals surface area contributed by atoms with Gasteiger partial charge in [0.2, 0.25) is 0 Å². The van der Waals surface area contributed by atoms with Crippen LogP contribution >= 0.6 is 34.4 Å². The molecular formula is C19H20INO7S. The van der Waals surface area contributed by atoms with Crippen molar-refractivity contribution in [3.63, 3.8) is 0 Å². The second-order valence-corrected chi connectivity index (χ2v) is 8.25. The zero-order valence-electron chi connectivity index (χ0n) is 16.1. The van der Waals surface area contributed by atoms with E-state index in [0.717, 1.165) is 20.2 Å². The molecule has 0 radical (unpaired) electrons. The largest absolute Gasteiger partial charge is 0.481 e. The summed E-state index contributed by atoms with van der Waals surface area (Å²) in [7, 11) is 0. The minimum atomic E-state index is -0.638. The Balaban J connectivity index is 2.07. The Morgan fingerprint density at radius 3 is 2.59 bits per heavy atom. The molecule has 2 amide bonds. The summed E-state index contributed by atoms with van der Waals surface area (Å²) in [5, 5.41) is -0.522. The molecule has 1 saturated heterocycles. The Morgan fingerprint density at radius 2 is 1.97 bits per heavy atom. The van der Waals surface area contributed by atoms with Gasteiger partial charge in [0.05, 0.1) is 21.2 Å². The van der Waals surface area contributed by atoms with E-state index in [1.165, 1.54) is 0 Å². The smallest absolute Gasteiger partial charge is 0.344 e. The highest BCUT2D eigenvalue weighted by molar-refractivity contribution is 14.1. The summed E-state index contributed by atoms with van der Waals surface area (Å²) in [5.41, 5.74) is 0.674. The summed E-state index contributed by atoms with van der Waals surface area (Å²) in [6.07, 6.45) is 1.24. The van der Waals surface area contributed by atoms with Gasteiger partial charge in [-0.05, 0) is 78.9 Å². The van der Waals surface area contributed by atoms with E-state index in [9.17, 15) is 19.2 Å². The fraction of sp³-hybridized carbons (Fsp3) is 0.368. The first-order chi connectivity index (χ1) is 13.7. The SMILES string of the molecule is CCOC(=O)COc1ccc(/C=C2/SC(=O)N(CC(=O)OC(C)C)C2=O)cc1I. The highest BCUT2D eigenvalue weighted by atomic mass is 127. The number of halogens is 1. The van der Waals surface area contributed by atoms with E-state index in [0.29, 0.717) is 11.3 Å². The van der Waals surface area contributed by atoms with Gasteiger partial charge in [-0.15, -0.1) is 0 Å². The first kappa shape index (κ1) is 23.2. The lowest BCUT2D eigenvalue weighted by atomic mass is 10.2. The summed E-state index contributed by atoms with van der Waals surface area (Å²) >= 11 is 2.81. The van der Waals surface area contributed by atoms with E-state index >= 15 is 0 Å². The molecule has 0 spiro atoms. The number of imide groups is 1. The molecule has 156 valence electrons. The van der Waals surface area contributed by atoms with E-state index in [2.05, 4.69) is 0 Å². The van der Waals surface area contributed by atoms with Crippen LogP contribution in [-0.4, -0.2) is 53.8 Å². The maximum Gasteiger partial charge on any atom is 0.344 e. The number of amides is 2. The van der Waals surface area contributed by atoms with Gasteiger partial charge in [-0.3, -0.25) is 19.3 Å². The molecule has 1 aromatic rings. The van der Waals surface area contributed by atoms with E-state index in [1.54, 1.807) is 45.0 Å². The number of carbonyl (C=O) groups excluding carboxylic acids is 4. The highest BCUT2D eigenvalue weighted by Crippen LogP contribution is 2.33. The Labute approximate surface area is 186 Å². The van der Waals surface area contributed by atoms with Crippen molar-refractivity contribution in [3.05, 3.63) is 32.2 Å². The summed E-state index contributed by atoms with van der Waals surface area (Å²) in [6.45, 7) is 4.75. The van der Waals surface area contributed by atoms with Crippen LogP contribution in [0.15, 0.2) is 23.1 Å². The number of thioether (sulfide) groups is 1. The third-order valence-corrected chi connectivity index (χ3v) is 5.18. The molecule has 0 aromatic heterocycles. The van der Waals surface area contributed by atoms with Gasteiger partial charge >= 0.3 is 11.9 Å². The van der Waals surface area contributed by atoms with Gasteiger partial charge in [0.1, 0.15) is 12.3 Å². The number of hydrogen-bond donors (Lipinski definition) is 0. The fourth-order valence-electron chi connectivity index (χ4n) is 2.28. The quantitative estimate of drug-likeness (QED) is 0.286. The average molecular weight is 533 g/mol. The molecule has 1 aliphatic heterocycles. The van der Waals surface area contributed by atoms with Crippen molar-refractivity contribution in [1.82, 2.24) is 4.90 Å². The zero-order chi connectivity index (χ0) is 21.6. The van der Waals surface area contributed by atoms with Crippen molar-refractivity contribution in [2.75, 3.05) is 19.8 Å². The van der Waals surface area contributed by atoms with Gasteiger partial charge in [-0.2, -0.15) is 0 Å².